The van der Waals surface area contributed by atoms with Crippen molar-refractivity contribution in [2.75, 3.05) is 9.80 Å². The van der Waals surface area contributed by atoms with E-state index >= 15 is 0 Å². The van der Waals surface area contributed by atoms with Crippen LogP contribution < -0.4 is 9.80 Å². The van der Waals surface area contributed by atoms with Gasteiger partial charge in [0.15, 0.2) is 0 Å². The lowest BCUT2D eigenvalue weighted by atomic mass is 10.0. The highest BCUT2D eigenvalue weighted by Gasteiger charge is 2.21. The van der Waals surface area contributed by atoms with E-state index in [1.165, 1.54) is 87.2 Å². The fraction of sp³-hybridized carbons (Fsp3) is 0. The van der Waals surface area contributed by atoms with Gasteiger partial charge in [-0.1, -0.05) is 218 Å². The lowest BCUT2D eigenvalue weighted by molar-refractivity contribution is 1.17. The summed E-state index contributed by atoms with van der Waals surface area (Å²) in [5, 5.41) is 9.94. The number of benzene rings is 16. The van der Waals surface area contributed by atoms with Crippen LogP contribution in [0.15, 0.2) is 388 Å². The van der Waals surface area contributed by atoms with E-state index < -0.39 is 0 Å². The van der Waals surface area contributed by atoms with Crippen molar-refractivity contribution in [3.63, 3.8) is 0 Å². The van der Waals surface area contributed by atoms with Crippen molar-refractivity contribution in [1.82, 2.24) is 18.3 Å². The van der Waals surface area contributed by atoms with Gasteiger partial charge in [-0.2, -0.15) is 0 Å². The molecule has 102 heavy (non-hydrogen) atoms. The number of fused-ring (bicyclic) bond motifs is 12. The number of rotatable bonds is 13. The van der Waals surface area contributed by atoms with Crippen LogP contribution in [-0.2, 0) is 0 Å². The lowest BCUT2D eigenvalue weighted by Crippen LogP contribution is -2.10. The maximum atomic E-state index is 2.39. The maximum absolute atomic E-state index is 2.39. The normalized spacial score (nSPS) is 11.7. The average Bonchev–Trinajstić information content (AvgIpc) is 1.61. The lowest BCUT2D eigenvalue weighted by Gasteiger charge is -2.27. The van der Waals surface area contributed by atoms with Gasteiger partial charge in [-0.15, -0.1) is 0 Å². The third kappa shape index (κ3) is 9.72. The van der Waals surface area contributed by atoms with E-state index in [0.717, 1.165) is 90.3 Å². The Labute approximate surface area is 590 Å². The molecule has 0 saturated carbocycles. The zero-order valence-corrected chi connectivity index (χ0v) is 55.6. The van der Waals surface area contributed by atoms with Crippen LogP contribution in [0.3, 0.4) is 0 Å². The highest BCUT2D eigenvalue weighted by molar-refractivity contribution is 6.13. The predicted octanol–water partition coefficient (Wildman–Crippen LogP) is 26.0. The van der Waals surface area contributed by atoms with Gasteiger partial charge in [0, 0.05) is 100.0 Å². The minimum absolute atomic E-state index is 1.05. The molecule has 20 aromatic rings. The van der Waals surface area contributed by atoms with Crippen LogP contribution in [0, 0.1) is 0 Å². The first-order valence-corrected chi connectivity index (χ1v) is 35.0. The van der Waals surface area contributed by atoms with Crippen LogP contribution in [0.4, 0.5) is 34.1 Å². The molecule has 0 fully saturated rings. The molecule has 0 spiro atoms. The van der Waals surface area contributed by atoms with Crippen molar-refractivity contribution in [2.45, 2.75) is 0 Å². The topological polar surface area (TPSA) is 26.2 Å². The van der Waals surface area contributed by atoms with E-state index in [9.17, 15) is 0 Å². The van der Waals surface area contributed by atoms with Crippen LogP contribution in [0.25, 0.3) is 143 Å². The largest absolute Gasteiger partial charge is 0.311 e. The van der Waals surface area contributed by atoms with Crippen molar-refractivity contribution < 1.29 is 0 Å². The van der Waals surface area contributed by atoms with E-state index in [0.29, 0.717) is 0 Å². The minimum Gasteiger partial charge on any atom is -0.311 e. The van der Waals surface area contributed by atoms with Crippen molar-refractivity contribution in [3.05, 3.63) is 388 Å². The Hall–Kier alpha value is -13.7. The van der Waals surface area contributed by atoms with Gasteiger partial charge in [-0.3, -0.25) is 0 Å². The van der Waals surface area contributed by atoms with Gasteiger partial charge in [0.1, 0.15) is 0 Å². The van der Waals surface area contributed by atoms with E-state index in [-0.39, 0.29) is 0 Å². The summed E-state index contributed by atoms with van der Waals surface area (Å²) in [6, 6.07) is 142. The Kier molecular flexibility index (Phi) is 13.8. The van der Waals surface area contributed by atoms with Crippen LogP contribution >= 0.6 is 0 Å². The summed E-state index contributed by atoms with van der Waals surface area (Å²) in [5.74, 6) is 0. The highest BCUT2D eigenvalue weighted by atomic mass is 15.2. The van der Waals surface area contributed by atoms with Crippen LogP contribution in [-0.4, -0.2) is 18.3 Å². The van der Waals surface area contributed by atoms with Crippen LogP contribution in [0.2, 0.25) is 0 Å². The molecule has 0 aliphatic carbocycles. The Bertz CT molecular complexity index is 6100. The zero-order valence-electron chi connectivity index (χ0n) is 55.6. The van der Waals surface area contributed by atoms with Gasteiger partial charge >= 0.3 is 0 Å². The van der Waals surface area contributed by atoms with E-state index in [4.69, 9.17) is 0 Å². The second-order valence-electron chi connectivity index (χ2n) is 26.5. The van der Waals surface area contributed by atoms with E-state index in [2.05, 4.69) is 416 Å². The molecule has 4 aromatic heterocycles. The SMILES string of the molecule is c1ccc(-n2c3ccccc3c3ccc(-c4ccc(N(c5ccc(-c6ccc(N(c7ccc(-n8c9ccccc9c9ccccc98)cc7)c7ccc(-n8c9ccccc9c9ccccc98)cc7)cc6)cc5)c5ccc(-c6ccc7c8ccccc8n(-c8ccccc8)c7c6)cc5)cc4)cc32)cc1. The van der Waals surface area contributed by atoms with Crippen LogP contribution in [0.5, 0.6) is 0 Å². The average molecular weight is 1300 g/mol. The standard InChI is InChI=1S/C96H64N6/c1-3-19-71(20-4-1)101-93-33-17-11-27-85(93)87-61-43-69(63-95(87)101)67-39-49-75(50-40-67)97(76-51-41-68(42-52-76)70-44-62-88-86-28-12-18-34-94(86)102(96(88)64-70)72-21-5-2-6-22-72)73-45-35-65(36-46-73)66-37-47-74(48-38-66)98(77-53-57-79(58-54-77)99-89-29-13-7-23-81(89)82-24-8-14-30-90(82)99)78-55-59-80(60-56-78)100-91-31-15-9-25-83(91)84-26-10-16-32-92(84)100/h1-64H. The van der Waals surface area contributed by atoms with Gasteiger partial charge in [0.25, 0.3) is 0 Å². The summed E-state index contributed by atoms with van der Waals surface area (Å²) in [6.07, 6.45) is 0. The fourth-order valence-corrected chi connectivity index (χ4v) is 16.0. The van der Waals surface area contributed by atoms with Crippen LogP contribution in [0.1, 0.15) is 0 Å². The number of hydrogen-bond donors (Lipinski definition) is 0. The molecule has 0 N–H and O–H groups in total. The summed E-state index contributed by atoms with van der Waals surface area (Å²) in [7, 11) is 0. The molecule has 6 heteroatoms. The Balaban J connectivity index is 0.659. The zero-order chi connectivity index (χ0) is 67.2. The number of para-hydroxylation sites is 8. The molecule has 0 aliphatic heterocycles. The number of aromatic nitrogens is 4. The predicted molar refractivity (Wildman–Crippen MR) is 429 cm³/mol. The minimum atomic E-state index is 1.05. The smallest absolute Gasteiger partial charge is 0.0547 e. The molecule has 0 amide bonds. The highest BCUT2D eigenvalue weighted by Crippen LogP contribution is 2.44. The molecule has 0 atom stereocenters. The van der Waals surface area contributed by atoms with Gasteiger partial charge in [0.2, 0.25) is 0 Å². The molecule has 16 aromatic carbocycles. The third-order valence-corrected chi connectivity index (χ3v) is 20.8. The van der Waals surface area contributed by atoms with Crippen molar-refractivity contribution >= 4 is 121 Å². The summed E-state index contributed by atoms with van der Waals surface area (Å²) in [5.41, 5.74) is 27.2. The van der Waals surface area contributed by atoms with Crippen molar-refractivity contribution in [2.24, 2.45) is 0 Å². The summed E-state index contributed by atoms with van der Waals surface area (Å²) in [6.45, 7) is 0. The Morgan fingerprint density at radius 2 is 0.324 bits per heavy atom. The number of hydrogen-bond acceptors (Lipinski definition) is 2. The molecule has 0 aliphatic rings. The quantitative estimate of drug-likeness (QED) is 0.115. The molecule has 4 heterocycles. The molecule has 0 saturated heterocycles. The van der Waals surface area contributed by atoms with E-state index in [1.54, 1.807) is 0 Å². The first-order chi connectivity index (χ1) is 50.6. The van der Waals surface area contributed by atoms with E-state index in [1.807, 2.05) is 0 Å². The summed E-state index contributed by atoms with van der Waals surface area (Å²) in [4.78, 5) is 4.75. The second-order valence-corrected chi connectivity index (χ2v) is 26.5. The van der Waals surface area contributed by atoms with Gasteiger partial charge < -0.3 is 28.1 Å². The third-order valence-electron chi connectivity index (χ3n) is 20.8. The summed E-state index contributed by atoms with van der Waals surface area (Å²) >= 11 is 0. The molecule has 0 radical (unpaired) electrons. The van der Waals surface area contributed by atoms with Crippen molar-refractivity contribution in [3.8, 4) is 56.1 Å². The molecular formula is C96H64N6. The fourth-order valence-electron chi connectivity index (χ4n) is 16.0. The first-order valence-electron chi connectivity index (χ1n) is 35.0. The molecule has 0 bridgehead atoms. The van der Waals surface area contributed by atoms with Gasteiger partial charge in [-0.25, -0.2) is 0 Å². The molecule has 478 valence electrons. The van der Waals surface area contributed by atoms with Gasteiger partial charge in [0.05, 0.1) is 44.1 Å². The Morgan fingerprint density at radius 3 is 0.588 bits per heavy atom. The Morgan fingerprint density at radius 1 is 0.137 bits per heavy atom. The monoisotopic (exact) mass is 1300 g/mol. The maximum Gasteiger partial charge on any atom is 0.0547 e. The number of nitrogens with zero attached hydrogens (tertiary/aromatic N) is 6. The molecule has 6 nitrogen and oxygen atoms in total. The van der Waals surface area contributed by atoms with Crippen molar-refractivity contribution in [1.29, 1.82) is 0 Å². The first kappa shape index (κ1) is 58.5. The molecular weight excluding hydrogens is 1240 g/mol. The molecule has 20 rings (SSSR count). The van der Waals surface area contributed by atoms with Gasteiger partial charge in [-0.05, 0) is 203 Å². The second kappa shape index (κ2) is 24.1. The molecule has 0 unspecified atom stereocenters. The number of anilines is 6. The summed E-state index contributed by atoms with van der Waals surface area (Å²) < 4.78 is 9.55.